The molecule has 3 rings (SSSR count). The molecule has 2 unspecified atom stereocenters. The van der Waals surface area contributed by atoms with E-state index in [0.29, 0.717) is 12.0 Å². The Bertz CT molecular complexity index is 515. The van der Waals surface area contributed by atoms with Crippen LogP contribution in [0.5, 0.6) is 0 Å². The molecule has 1 nitrogen and oxygen atoms in total. The zero-order valence-electron chi connectivity index (χ0n) is 12.7. The van der Waals surface area contributed by atoms with Gasteiger partial charge in [-0.05, 0) is 51.6 Å². The number of aryl methyl sites for hydroxylation is 1. The van der Waals surface area contributed by atoms with Crippen molar-refractivity contribution in [2.75, 3.05) is 6.54 Å². The first-order chi connectivity index (χ1) is 9.74. The van der Waals surface area contributed by atoms with Crippen LogP contribution in [0.4, 0.5) is 0 Å². The number of rotatable bonds is 3. The smallest absolute Gasteiger partial charge is 0.0205 e. The highest BCUT2D eigenvalue weighted by molar-refractivity contribution is 5.37. The highest BCUT2D eigenvalue weighted by Crippen LogP contribution is 2.36. The second-order valence-electron chi connectivity index (χ2n) is 6.35. The van der Waals surface area contributed by atoms with Crippen molar-refractivity contribution in [2.24, 2.45) is 0 Å². The molecule has 0 aromatic heterocycles. The molecule has 2 atom stereocenters. The number of hydrogen-bond donors (Lipinski definition) is 1. The predicted octanol–water partition coefficient (Wildman–Crippen LogP) is 4.50. The molecule has 1 N–H and O–H groups in total. The number of allylic oxidation sites excluding steroid dienone is 3. The summed E-state index contributed by atoms with van der Waals surface area (Å²) >= 11 is 0. The average molecular weight is 267 g/mol. The monoisotopic (exact) mass is 267 g/mol. The van der Waals surface area contributed by atoms with Crippen LogP contribution in [0.15, 0.2) is 47.6 Å². The van der Waals surface area contributed by atoms with Crippen LogP contribution in [0, 0.1) is 6.92 Å². The van der Waals surface area contributed by atoms with Crippen molar-refractivity contribution >= 4 is 0 Å². The molecule has 0 saturated carbocycles. The fourth-order valence-corrected chi connectivity index (χ4v) is 3.49. The van der Waals surface area contributed by atoms with Crippen molar-refractivity contribution in [3.05, 3.63) is 58.7 Å². The van der Waals surface area contributed by atoms with Crippen LogP contribution in [-0.4, -0.2) is 12.6 Å². The zero-order chi connectivity index (χ0) is 13.9. The van der Waals surface area contributed by atoms with Crippen LogP contribution in [0.3, 0.4) is 0 Å². The minimum absolute atomic E-state index is 0.558. The van der Waals surface area contributed by atoms with E-state index in [1.807, 2.05) is 0 Å². The molecule has 1 aromatic rings. The van der Waals surface area contributed by atoms with Crippen molar-refractivity contribution in [1.82, 2.24) is 5.32 Å². The summed E-state index contributed by atoms with van der Waals surface area (Å²) in [4.78, 5) is 0. The topological polar surface area (TPSA) is 12.0 Å². The molecule has 1 saturated heterocycles. The van der Waals surface area contributed by atoms with Gasteiger partial charge in [0.1, 0.15) is 0 Å². The third-order valence-corrected chi connectivity index (χ3v) is 4.73. The molecule has 0 spiro atoms. The normalized spacial score (nSPS) is 24.2. The van der Waals surface area contributed by atoms with Crippen molar-refractivity contribution < 1.29 is 0 Å². The van der Waals surface area contributed by atoms with Crippen LogP contribution in [-0.2, 0) is 0 Å². The van der Waals surface area contributed by atoms with Gasteiger partial charge in [0.15, 0.2) is 0 Å². The van der Waals surface area contributed by atoms with Crippen LogP contribution in [0.2, 0.25) is 0 Å². The average Bonchev–Trinajstić information content (AvgIpc) is 2.97. The van der Waals surface area contributed by atoms with E-state index in [-0.39, 0.29) is 0 Å². The molecule has 0 bridgehead atoms. The number of nitrogens with one attached hydrogen (secondary N) is 1. The molecule has 1 fully saturated rings. The molecule has 0 radical (unpaired) electrons. The summed E-state index contributed by atoms with van der Waals surface area (Å²) in [6, 6.07) is 9.78. The van der Waals surface area contributed by atoms with E-state index in [0.717, 1.165) is 0 Å². The van der Waals surface area contributed by atoms with Crippen molar-refractivity contribution in [3.8, 4) is 0 Å². The summed E-state index contributed by atoms with van der Waals surface area (Å²) in [5.41, 5.74) is 5.95. The van der Waals surface area contributed by atoms with Gasteiger partial charge in [-0.1, -0.05) is 53.1 Å². The summed E-state index contributed by atoms with van der Waals surface area (Å²) < 4.78 is 0. The van der Waals surface area contributed by atoms with Gasteiger partial charge in [-0.15, -0.1) is 0 Å². The molecule has 0 amide bonds. The summed E-state index contributed by atoms with van der Waals surface area (Å²) in [5.74, 6) is 0.558. The van der Waals surface area contributed by atoms with Gasteiger partial charge in [0.05, 0.1) is 0 Å². The molecule has 1 heteroatoms. The first kappa shape index (κ1) is 13.6. The lowest BCUT2D eigenvalue weighted by Gasteiger charge is -2.29. The van der Waals surface area contributed by atoms with Crippen molar-refractivity contribution in [1.29, 1.82) is 0 Å². The Labute approximate surface area is 122 Å². The molecule has 2 aliphatic rings. The minimum atomic E-state index is 0.558. The molecular weight excluding hydrogens is 242 g/mol. The van der Waals surface area contributed by atoms with Gasteiger partial charge in [0, 0.05) is 12.0 Å². The Kier molecular flexibility index (Phi) is 4.07. The lowest BCUT2D eigenvalue weighted by molar-refractivity contribution is 0.520. The Morgan fingerprint density at radius 1 is 1.05 bits per heavy atom. The maximum Gasteiger partial charge on any atom is 0.0205 e. The molecular formula is C19H25N. The van der Waals surface area contributed by atoms with E-state index in [1.165, 1.54) is 48.9 Å². The maximum atomic E-state index is 3.72. The lowest BCUT2D eigenvalue weighted by Crippen LogP contribution is -2.30. The molecule has 1 aliphatic heterocycles. The highest BCUT2D eigenvalue weighted by Gasteiger charge is 2.29. The summed E-state index contributed by atoms with van der Waals surface area (Å²) in [6.45, 7) is 5.58. The highest BCUT2D eigenvalue weighted by atomic mass is 14.9. The molecule has 1 aliphatic carbocycles. The second-order valence-corrected chi connectivity index (χ2v) is 6.35. The molecule has 20 heavy (non-hydrogen) atoms. The van der Waals surface area contributed by atoms with Crippen LogP contribution < -0.4 is 5.32 Å². The quantitative estimate of drug-likeness (QED) is 0.850. The molecule has 106 valence electrons. The third kappa shape index (κ3) is 2.88. The summed E-state index contributed by atoms with van der Waals surface area (Å²) in [6.07, 6.45) is 9.76. The number of benzene rings is 1. The fraction of sp³-hybridized carbons (Fsp3) is 0.474. The van der Waals surface area contributed by atoms with Gasteiger partial charge in [-0.25, -0.2) is 0 Å². The van der Waals surface area contributed by atoms with Gasteiger partial charge >= 0.3 is 0 Å². The van der Waals surface area contributed by atoms with Crippen LogP contribution in [0.25, 0.3) is 0 Å². The van der Waals surface area contributed by atoms with Crippen LogP contribution in [0.1, 0.15) is 49.7 Å². The first-order valence-corrected chi connectivity index (χ1v) is 7.90. The third-order valence-electron chi connectivity index (χ3n) is 4.73. The predicted molar refractivity (Wildman–Crippen MR) is 86.0 cm³/mol. The van der Waals surface area contributed by atoms with Gasteiger partial charge in [0.25, 0.3) is 0 Å². The maximum absolute atomic E-state index is 3.72. The van der Waals surface area contributed by atoms with E-state index in [1.54, 1.807) is 5.57 Å². The summed E-state index contributed by atoms with van der Waals surface area (Å²) in [7, 11) is 0. The van der Waals surface area contributed by atoms with Gasteiger partial charge in [0.2, 0.25) is 0 Å². The Morgan fingerprint density at radius 2 is 1.85 bits per heavy atom. The van der Waals surface area contributed by atoms with Gasteiger partial charge in [-0.2, -0.15) is 0 Å². The molecule has 1 aromatic carbocycles. The lowest BCUT2D eigenvalue weighted by atomic mass is 9.79. The Hall–Kier alpha value is -1.34. The zero-order valence-corrected chi connectivity index (χ0v) is 12.7. The Balaban J connectivity index is 1.93. The van der Waals surface area contributed by atoms with E-state index in [2.05, 4.69) is 55.6 Å². The largest absolute Gasteiger partial charge is 0.313 e. The first-order valence-electron chi connectivity index (χ1n) is 7.90. The van der Waals surface area contributed by atoms with Gasteiger partial charge in [-0.3, -0.25) is 0 Å². The van der Waals surface area contributed by atoms with Crippen molar-refractivity contribution in [3.63, 3.8) is 0 Å². The van der Waals surface area contributed by atoms with Gasteiger partial charge < -0.3 is 5.32 Å². The van der Waals surface area contributed by atoms with E-state index < -0.39 is 0 Å². The minimum Gasteiger partial charge on any atom is -0.313 e. The van der Waals surface area contributed by atoms with E-state index in [4.69, 9.17) is 0 Å². The van der Waals surface area contributed by atoms with E-state index >= 15 is 0 Å². The molecule has 1 heterocycles. The standard InChI is InChI=1S/C19H25N/c1-14-5-9-16(10-6-14)19(18-4-3-13-20-18)17-11-7-15(2)8-12-17/h5-7,9-11,18-20H,3-4,8,12-13H2,1-2H3. The number of hydrogen-bond acceptors (Lipinski definition) is 1. The van der Waals surface area contributed by atoms with E-state index in [9.17, 15) is 0 Å². The second kappa shape index (κ2) is 5.97. The van der Waals surface area contributed by atoms with Crippen molar-refractivity contribution in [2.45, 2.75) is 51.5 Å². The SMILES string of the molecule is CC1=CC=C(C(c2ccc(C)cc2)C2CCCN2)CC1. The fourth-order valence-electron chi connectivity index (χ4n) is 3.49. The Morgan fingerprint density at radius 3 is 2.45 bits per heavy atom. The summed E-state index contributed by atoms with van der Waals surface area (Å²) in [5, 5.41) is 3.72. The van der Waals surface area contributed by atoms with Crippen LogP contribution >= 0.6 is 0 Å².